The molecular weight excluding hydrogens is 208 g/mol. The number of phenols is 1. The van der Waals surface area contributed by atoms with Crippen molar-refractivity contribution in [3.05, 3.63) is 24.1 Å². The highest BCUT2D eigenvalue weighted by atomic mass is 16.5. The summed E-state index contributed by atoms with van der Waals surface area (Å²) in [5, 5.41) is 13.3. The van der Waals surface area contributed by atoms with E-state index < -0.39 is 0 Å². The minimum Gasteiger partial charge on any atom is -0.504 e. The first kappa shape index (κ1) is 9.62. The van der Waals surface area contributed by atoms with Crippen LogP contribution in [0.15, 0.2) is 22.9 Å². The number of nitrogens with one attached hydrogen (secondary N) is 1. The maximum atomic E-state index is 10.0. The number of ether oxygens (including phenoxy) is 1. The van der Waals surface area contributed by atoms with Crippen molar-refractivity contribution in [3.63, 3.8) is 0 Å². The Bertz CT molecular complexity index is 503. The summed E-state index contributed by atoms with van der Waals surface area (Å²) >= 11 is 0. The first-order valence-corrected chi connectivity index (χ1v) is 5.23. The third-order valence-electron chi connectivity index (χ3n) is 2.78. The van der Waals surface area contributed by atoms with E-state index in [4.69, 9.17) is 9.15 Å². The molecule has 0 radical (unpaired) electrons. The van der Waals surface area contributed by atoms with E-state index in [0.29, 0.717) is 24.3 Å². The molecule has 0 aliphatic carbocycles. The number of rotatable bonds is 1. The SMILES string of the molecule is Oc1c(C2CNCCO2)ccc2ncoc12. The number of morpholine rings is 1. The Balaban J connectivity index is 2.05. The summed E-state index contributed by atoms with van der Waals surface area (Å²) < 4.78 is 10.7. The number of hydrogen-bond donors (Lipinski definition) is 2. The molecule has 2 heterocycles. The van der Waals surface area contributed by atoms with Gasteiger partial charge in [0.25, 0.3) is 0 Å². The molecule has 0 saturated carbocycles. The molecule has 5 nitrogen and oxygen atoms in total. The van der Waals surface area contributed by atoms with Crippen LogP contribution in [0, 0.1) is 0 Å². The molecule has 1 atom stereocenters. The van der Waals surface area contributed by atoms with Crippen LogP contribution in [-0.4, -0.2) is 29.8 Å². The fourth-order valence-corrected chi connectivity index (χ4v) is 1.95. The molecule has 1 aromatic carbocycles. The fourth-order valence-electron chi connectivity index (χ4n) is 1.95. The van der Waals surface area contributed by atoms with Crippen LogP contribution in [0.5, 0.6) is 5.75 Å². The number of oxazole rings is 1. The highest BCUT2D eigenvalue weighted by molar-refractivity contribution is 5.80. The summed E-state index contributed by atoms with van der Waals surface area (Å²) in [5.74, 6) is 0.128. The number of fused-ring (bicyclic) bond motifs is 1. The molecular formula is C11H12N2O3. The molecule has 5 heteroatoms. The van der Waals surface area contributed by atoms with Crippen molar-refractivity contribution in [1.82, 2.24) is 10.3 Å². The normalized spacial score (nSPS) is 21.4. The summed E-state index contributed by atoms with van der Waals surface area (Å²) in [4.78, 5) is 3.98. The van der Waals surface area contributed by atoms with E-state index >= 15 is 0 Å². The average molecular weight is 220 g/mol. The zero-order valence-electron chi connectivity index (χ0n) is 8.64. The molecule has 3 rings (SSSR count). The Hall–Kier alpha value is -1.59. The summed E-state index contributed by atoms with van der Waals surface area (Å²) in [6.45, 7) is 2.20. The van der Waals surface area contributed by atoms with Crippen LogP contribution in [0.4, 0.5) is 0 Å². The molecule has 2 N–H and O–H groups in total. The van der Waals surface area contributed by atoms with Crippen molar-refractivity contribution >= 4 is 11.1 Å². The second kappa shape index (κ2) is 3.77. The van der Waals surface area contributed by atoms with E-state index in [1.54, 1.807) is 0 Å². The van der Waals surface area contributed by atoms with Crippen LogP contribution in [-0.2, 0) is 4.74 Å². The van der Waals surface area contributed by atoms with Gasteiger partial charge in [0.05, 0.1) is 12.7 Å². The second-order valence-corrected chi connectivity index (χ2v) is 3.77. The van der Waals surface area contributed by atoms with E-state index in [1.165, 1.54) is 6.39 Å². The topological polar surface area (TPSA) is 67.5 Å². The smallest absolute Gasteiger partial charge is 0.196 e. The third kappa shape index (κ3) is 1.45. The molecule has 0 amide bonds. The Labute approximate surface area is 92.0 Å². The summed E-state index contributed by atoms with van der Waals surface area (Å²) in [7, 11) is 0. The van der Waals surface area contributed by atoms with E-state index in [0.717, 1.165) is 12.1 Å². The number of benzene rings is 1. The largest absolute Gasteiger partial charge is 0.504 e. The van der Waals surface area contributed by atoms with Gasteiger partial charge in [-0.3, -0.25) is 0 Å². The number of hydrogen-bond acceptors (Lipinski definition) is 5. The molecule has 0 spiro atoms. The lowest BCUT2D eigenvalue weighted by Gasteiger charge is -2.24. The molecule has 1 saturated heterocycles. The minimum absolute atomic E-state index is 0.122. The van der Waals surface area contributed by atoms with Crippen LogP contribution in [0.1, 0.15) is 11.7 Å². The number of aromatic nitrogens is 1. The Morgan fingerprint density at radius 1 is 1.44 bits per heavy atom. The van der Waals surface area contributed by atoms with Gasteiger partial charge in [0, 0.05) is 18.7 Å². The van der Waals surface area contributed by atoms with Gasteiger partial charge in [-0.15, -0.1) is 0 Å². The average Bonchev–Trinajstić information content (AvgIpc) is 2.80. The fraction of sp³-hybridized carbons (Fsp3) is 0.364. The molecule has 1 unspecified atom stereocenters. The van der Waals surface area contributed by atoms with Gasteiger partial charge in [-0.2, -0.15) is 0 Å². The van der Waals surface area contributed by atoms with Gasteiger partial charge in [0.2, 0.25) is 0 Å². The van der Waals surface area contributed by atoms with Gasteiger partial charge < -0.3 is 19.6 Å². The van der Waals surface area contributed by atoms with E-state index in [2.05, 4.69) is 10.3 Å². The number of phenolic OH excluding ortho intramolecular Hbond substituents is 1. The van der Waals surface area contributed by atoms with Crippen molar-refractivity contribution < 1.29 is 14.3 Å². The third-order valence-corrected chi connectivity index (χ3v) is 2.78. The molecule has 1 aromatic heterocycles. The van der Waals surface area contributed by atoms with Crippen LogP contribution in [0.25, 0.3) is 11.1 Å². The Morgan fingerprint density at radius 3 is 3.19 bits per heavy atom. The van der Waals surface area contributed by atoms with Gasteiger partial charge in [-0.25, -0.2) is 4.98 Å². The van der Waals surface area contributed by atoms with Gasteiger partial charge >= 0.3 is 0 Å². The molecule has 1 aliphatic heterocycles. The minimum atomic E-state index is -0.122. The maximum Gasteiger partial charge on any atom is 0.196 e. The van der Waals surface area contributed by atoms with E-state index in [1.807, 2.05) is 12.1 Å². The van der Waals surface area contributed by atoms with Gasteiger partial charge in [-0.1, -0.05) is 6.07 Å². The predicted octanol–water partition coefficient (Wildman–Crippen LogP) is 1.19. The van der Waals surface area contributed by atoms with Crippen molar-refractivity contribution in [3.8, 4) is 5.75 Å². The van der Waals surface area contributed by atoms with Gasteiger partial charge in [-0.05, 0) is 6.07 Å². The standard InChI is InChI=1S/C11H12N2O3/c14-10-7(9-5-12-3-4-15-9)1-2-8-11(10)16-6-13-8/h1-2,6,9,12,14H,3-5H2. The van der Waals surface area contributed by atoms with E-state index in [-0.39, 0.29) is 11.9 Å². The summed E-state index contributed by atoms with van der Waals surface area (Å²) in [6, 6.07) is 3.66. The second-order valence-electron chi connectivity index (χ2n) is 3.77. The summed E-state index contributed by atoms with van der Waals surface area (Å²) in [5.41, 5.74) is 1.83. The lowest BCUT2D eigenvalue weighted by molar-refractivity contribution is 0.0264. The number of nitrogens with zero attached hydrogens (tertiary/aromatic N) is 1. The maximum absolute atomic E-state index is 10.0. The van der Waals surface area contributed by atoms with Crippen molar-refractivity contribution in [2.75, 3.05) is 19.7 Å². The monoisotopic (exact) mass is 220 g/mol. The molecule has 0 bridgehead atoms. The van der Waals surface area contributed by atoms with E-state index in [9.17, 15) is 5.11 Å². The van der Waals surface area contributed by atoms with Crippen LogP contribution in [0.2, 0.25) is 0 Å². The molecule has 16 heavy (non-hydrogen) atoms. The number of aromatic hydroxyl groups is 1. The molecule has 1 fully saturated rings. The first-order valence-electron chi connectivity index (χ1n) is 5.23. The highest BCUT2D eigenvalue weighted by Gasteiger charge is 2.21. The van der Waals surface area contributed by atoms with Crippen molar-refractivity contribution in [2.24, 2.45) is 0 Å². The van der Waals surface area contributed by atoms with Crippen LogP contribution in [0.3, 0.4) is 0 Å². The van der Waals surface area contributed by atoms with Crippen LogP contribution >= 0.6 is 0 Å². The quantitative estimate of drug-likeness (QED) is 0.755. The first-order chi connectivity index (χ1) is 7.86. The van der Waals surface area contributed by atoms with Crippen LogP contribution < -0.4 is 5.32 Å². The molecule has 84 valence electrons. The molecule has 1 aliphatic rings. The van der Waals surface area contributed by atoms with Gasteiger partial charge in [0.1, 0.15) is 5.52 Å². The predicted molar refractivity (Wildman–Crippen MR) is 57.2 cm³/mol. The zero-order valence-corrected chi connectivity index (χ0v) is 8.64. The Morgan fingerprint density at radius 2 is 2.38 bits per heavy atom. The lowest BCUT2D eigenvalue weighted by atomic mass is 10.1. The Kier molecular flexibility index (Phi) is 2.27. The van der Waals surface area contributed by atoms with Gasteiger partial charge in [0.15, 0.2) is 17.7 Å². The van der Waals surface area contributed by atoms with Crippen molar-refractivity contribution in [2.45, 2.75) is 6.10 Å². The highest BCUT2D eigenvalue weighted by Crippen LogP contribution is 2.33. The summed E-state index contributed by atoms with van der Waals surface area (Å²) in [6.07, 6.45) is 1.21. The molecule has 2 aromatic rings. The zero-order chi connectivity index (χ0) is 11.0. The lowest BCUT2D eigenvalue weighted by Crippen LogP contribution is -2.33. The van der Waals surface area contributed by atoms with Crippen molar-refractivity contribution in [1.29, 1.82) is 0 Å².